The summed E-state index contributed by atoms with van der Waals surface area (Å²) >= 11 is 0. The number of hydrogen-bond donors (Lipinski definition) is 2. The summed E-state index contributed by atoms with van der Waals surface area (Å²) in [6.45, 7) is 6.77. The van der Waals surface area contributed by atoms with Gasteiger partial charge >= 0.3 is 0 Å². The fourth-order valence-electron chi connectivity index (χ4n) is 1.72. The molecule has 0 saturated carbocycles. The Labute approximate surface area is 98.7 Å². The van der Waals surface area contributed by atoms with Gasteiger partial charge in [0.15, 0.2) is 0 Å². The first-order valence-electron chi connectivity index (χ1n) is 6.05. The average Bonchev–Trinajstić information content (AvgIpc) is 2.23. The summed E-state index contributed by atoms with van der Waals surface area (Å²) in [6.07, 6.45) is 1.94. The van der Waals surface area contributed by atoms with Crippen LogP contribution in [0.25, 0.3) is 0 Å². The van der Waals surface area contributed by atoms with Crippen molar-refractivity contribution < 1.29 is 5.11 Å². The van der Waals surface area contributed by atoms with E-state index < -0.39 is 0 Å². The molecule has 2 nitrogen and oxygen atoms in total. The molecule has 90 valence electrons. The van der Waals surface area contributed by atoms with Crippen molar-refractivity contribution in [3.8, 4) is 0 Å². The standard InChI is InChI=1S/C14H23NO/c1-11-5-4-6-14(9-11)8-7-12(2)15-10-13(3)16/h4-6,9,12-13,15-16H,7-8,10H2,1-3H3/t12?,13-/m1/s1. The molecule has 0 fully saturated rings. The van der Waals surface area contributed by atoms with Crippen LogP contribution in [0.1, 0.15) is 31.4 Å². The Bertz CT molecular complexity index is 309. The zero-order valence-electron chi connectivity index (χ0n) is 10.5. The van der Waals surface area contributed by atoms with Crippen molar-refractivity contribution in [3.05, 3.63) is 35.4 Å². The van der Waals surface area contributed by atoms with Crippen molar-refractivity contribution in [2.45, 2.75) is 45.8 Å². The van der Waals surface area contributed by atoms with Crippen LogP contribution in [0.4, 0.5) is 0 Å². The quantitative estimate of drug-likeness (QED) is 0.772. The third kappa shape index (κ3) is 5.29. The van der Waals surface area contributed by atoms with Crippen LogP contribution >= 0.6 is 0 Å². The van der Waals surface area contributed by atoms with E-state index in [1.165, 1.54) is 11.1 Å². The normalized spacial score (nSPS) is 14.8. The number of rotatable bonds is 6. The molecule has 16 heavy (non-hydrogen) atoms. The SMILES string of the molecule is Cc1cccc(CCC(C)NC[C@@H](C)O)c1. The minimum atomic E-state index is -0.263. The summed E-state index contributed by atoms with van der Waals surface area (Å²) < 4.78 is 0. The van der Waals surface area contributed by atoms with Crippen molar-refractivity contribution in [1.82, 2.24) is 5.32 Å². The number of aryl methyl sites for hydroxylation is 2. The lowest BCUT2D eigenvalue weighted by Crippen LogP contribution is -2.32. The number of hydrogen-bond acceptors (Lipinski definition) is 2. The van der Waals surface area contributed by atoms with Gasteiger partial charge in [-0.15, -0.1) is 0 Å². The molecule has 1 unspecified atom stereocenters. The van der Waals surface area contributed by atoms with E-state index in [1.807, 2.05) is 0 Å². The van der Waals surface area contributed by atoms with Gasteiger partial charge in [0, 0.05) is 12.6 Å². The van der Waals surface area contributed by atoms with Gasteiger partial charge in [-0.2, -0.15) is 0 Å². The number of benzene rings is 1. The number of aliphatic hydroxyl groups is 1. The maximum Gasteiger partial charge on any atom is 0.0636 e. The van der Waals surface area contributed by atoms with Crippen molar-refractivity contribution in [3.63, 3.8) is 0 Å². The van der Waals surface area contributed by atoms with Gasteiger partial charge in [0.2, 0.25) is 0 Å². The molecule has 0 aromatic heterocycles. The summed E-state index contributed by atoms with van der Waals surface area (Å²) in [6, 6.07) is 9.10. The minimum Gasteiger partial charge on any atom is -0.392 e. The Balaban J connectivity index is 2.28. The Morgan fingerprint density at radius 3 is 2.69 bits per heavy atom. The first kappa shape index (κ1) is 13.2. The summed E-state index contributed by atoms with van der Waals surface area (Å²) in [4.78, 5) is 0. The van der Waals surface area contributed by atoms with E-state index in [9.17, 15) is 0 Å². The van der Waals surface area contributed by atoms with Gasteiger partial charge in [0.1, 0.15) is 0 Å². The molecule has 0 aliphatic heterocycles. The summed E-state index contributed by atoms with van der Waals surface area (Å²) in [7, 11) is 0. The van der Waals surface area contributed by atoms with E-state index in [1.54, 1.807) is 6.92 Å². The van der Waals surface area contributed by atoms with Gasteiger partial charge in [-0.25, -0.2) is 0 Å². The van der Waals surface area contributed by atoms with Crippen LogP contribution in [0.2, 0.25) is 0 Å². The molecular formula is C14H23NO. The lowest BCUT2D eigenvalue weighted by atomic mass is 10.0. The molecule has 2 atom stereocenters. The zero-order valence-corrected chi connectivity index (χ0v) is 10.5. The second-order valence-corrected chi connectivity index (χ2v) is 4.69. The monoisotopic (exact) mass is 221 g/mol. The maximum atomic E-state index is 9.16. The molecule has 1 rings (SSSR count). The van der Waals surface area contributed by atoms with E-state index in [2.05, 4.69) is 43.4 Å². The molecule has 0 aliphatic rings. The molecule has 0 spiro atoms. The lowest BCUT2D eigenvalue weighted by molar-refractivity contribution is 0.186. The average molecular weight is 221 g/mol. The second kappa shape index (κ2) is 6.66. The van der Waals surface area contributed by atoms with Crippen LogP contribution in [0.3, 0.4) is 0 Å². The van der Waals surface area contributed by atoms with Gasteiger partial charge in [-0.3, -0.25) is 0 Å². The van der Waals surface area contributed by atoms with Crippen molar-refractivity contribution in [2.24, 2.45) is 0 Å². The second-order valence-electron chi connectivity index (χ2n) is 4.69. The molecular weight excluding hydrogens is 198 g/mol. The molecule has 0 saturated heterocycles. The van der Waals surface area contributed by atoms with Crippen LogP contribution in [-0.2, 0) is 6.42 Å². The number of nitrogens with one attached hydrogen (secondary N) is 1. The molecule has 2 heteroatoms. The highest BCUT2D eigenvalue weighted by molar-refractivity contribution is 5.22. The Hall–Kier alpha value is -0.860. The Kier molecular flexibility index (Phi) is 5.50. The highest BCUT2D eigenvalue weighted by Crippen LogP contribution is 2.07. The van der Waals surface area contributed by atoms with E-state index in [0.717, 1.165) is 12.8 Å². The first-order chi connectivity index (χ1) is 7.58. The van der Waals surface area contributed by atoms with Gasteiger partial charge in [-0.05, 0) is 39.2 Å². The van der Waals surface area contributed by atoms with E-state index in [0.29, 0.717) is 12.6 Å². The molecule has 1 aromatic carbocycles. The van der Waals surface area contributed by atoms with E-state index >= 15 is 0 Å². The number of aliphatic hydroxyl groups excluding tert-OH is 1. The van der Waals surface area contributed by atoms with Crippen LogP contribution in [0, 0.1) is 6.92 Å². The fourth-order valence-corrected chi connectivity index (χ4v) is 1.72. The third-order valence-corrected chi connectivity index (χ3v) is 2.71. The van der Waals surface area contributed by atoms with Gasteiger partial charge in [0.25, 0.3) is 0 Å². The largest absolute Gasteiger partial charge is 0.392 e. The minimum absolute atomic E-state index is 0.263. The van der Waals surface area contributed by atoms with Gasteiger partial charge in [-0.1, -0.05) is 29.8 Å². The predicted molar refractivity (Wildman–Crippen MR) is 68.6 cm³/mol. The van der Waals surface area contributed by atoms with Crippen molar-refractivity contribution >= 4 is 0 Å². The molecule has 0 heterocycles. The fraction of sp³-hybridized carbons (Fsp3) is 0.571. The maximum absolute atomic E-state index is 9.16. The van der Waals surface area contributed by atoms with E-state index in [4.69, 9.17) is 5.11 Å². The first-order valence-corrected chi connectivity index (χ1v) is 6.05. The van der Waals surface area contributed by atoms with Crippen molar-refractivity contribution in [2.75, 3.05) is 6.54 Å². The van der Waals surface area contributed by atoms with Crippen LogP contribution in [0.15, 0.2) is 24.3 Å². The highest BCUT2D eigenvalue weighted by Gasteiger charge is 2.03. The molecule has 0 bridgehead atoms. The summed E-state index contributed by atoms with van der Waals surface area (Å²) in [5, 5.41) is 12.5. The molecule has 0 amide bonds. The third-order valence-electron chi connectivity index (χ3n) is 2.71. The predicted octanol–water partition coefficient (Wildman–Crippen LogP) is 2.29. The Morgan fingerprint density at radius 1 is 1.31 bits per heavy atom. The molecule has 1 aromatic rings. The smallest absolute Gasteiger partial charge is 0.0636 e. The Morgan fingerprint density at radius 2 is 2.06 bits per heavy atom. The van der Waals surface area contributed by atoms with Crippen molar-refractivity contribution in [1.29, 1.82) is 0 Å². The summed E-state index contributed by atoms with van der Waals surface area (Å²) in [5.41, 5.74) is 2.72. The summed E-state index contributed by atoms with van der Waals surface area (Å²) in [5.74, 6) is 0. The van der Waals surface area contributed by atoms with E-state index in [-0.39, 0.29) is 6.10 Å². The van der Waals surface area contributed by atoms with Crippen LogP contribution < -0.4 is 5.32 Å². The molecule has 0 radical (unpaired) electrons. The van der Waals surface area contributed by atoms with Crippen LogP contribution in [-0.4, -0.2) is 23.8 Å². The molecule has 0 aliphatic carbocycles. The van der Waals surface area contributed by atoms with Gasteiger partial charge < -0.3 is 10.4 Å². The highest BCUT2D eigenvalue weighted by atomic mass is 16.3. The zero-order chi connectivity index (χ0) is 12.0. The molecule has 2 N–H and O–H groups in total. The van der Waals surface area contributed by atoms with Crippen LogP contribution in [0.5, 0.6) is 0 Å². The lowest BCUT2D eigenvalue weighted by Gasteiger charge is -2.15. The van der Waals surface area contributed by atoms with Gasteiger partial charge in [0.05, 0.1) is 6.10 Å². The topological polar surface area (TPSA) is 32.3 Å².